The molecule has 2 rings (SSSR count). The summed E-state index contributed by atoms with van der Waals surface area (Å²) in [6.45, 7) is 0. The van der Waals surface area contributed by atoms with Gasteiger partial charge in [0.05, 0.1) is 0 Å². The summed E-state index contributed by atoms with van der Waals surface area (Å²) in [4.78, 5) is 0. The molecule has 0 radical (unpaired) electrons. The molecule has 0 amide bonds. The van der Waals surface area contributed by atoms with Gasteiger partial charge in [-0.15, -0.1) is 0 Å². The van der Waals surface area contributed by atoms with Gasteiger partial charge in [-0.25, -0.2) is 0 Å². The van der Waals surface area contributed by atoms with E-state index in [9.17, 15) is 0 Å². The second-order valence-corrected chi connectivity index (χ2v) is 2.71. The van der Waals surface area contributed by atoms with Gasteiger partial charge in [-0.3, -0.25) is 0 Å². The monoisotopic (exact) mass is 122 g/mol. The van der Waals surface area contributed by atoms with Crippen LogP contribution >= 0.6 is 0 Å². The summed E-state index contributed by atoms with van der Waals surface area (Å²) in [5.41, 5.74) is 1.32. The third-order valence-electron chi connectivity index (χ3n) is 2.06. The first-order valence-corrected chi connectivity index (χ1v) is 3.57. The van der Waals surface area contributed by atoms with E-state index in [2.05, 4.69) is 10.2 Å². The van der Waals surface area contributed by atoms with Gasteiger partial charge in [-0.1, -0.05) is 6.42 Å². The molecule has 1 atom stereocenters. The van der Waals surface area contributed by atoms with E-state index in [1.165, 1.54) is 31.4 Å². The molecule has 1 aliphatic heterocycles. The molecule has 2 nitrogen and oxygen atoms in total. The largest absolute Gasteiger partial charge is 0.163 e. The molecule has 1 unspecified atom stereocenters. The predicted molar refractivity (Wildman–Crippen MR) is 37.9 cm³/mol. The van der Waals surface area contributed by atoms with Crippen LogP contribution in [0.4, 0.5) is 0 Å². The van der Waals surface area contributed by atoms with Crippen molar-refractivity contribution in [2.24, 2.45) is 16.1 Å². The van der Waals surface area contributed by atoms with Crippen molar-refractivity contribution in [1.82, 2.24) is 0 Å². The fourth-order valence-corrected chi connectivity index (χ4v) is 1.50. The molecule has 1 aliphatic carbocycles. The van der Waals surface area contributed by atoms with Gasteiger partial charge >= 0.3 is 0 Å². The number of hydrogen-bond acceptors (Lipinski definition) is 2. The SMILES string of the molecule is C1=NN=C2CCCCC12. The van der Waals surface area contributed by atoms with Gasteiger partial charge in [0.2, 0.25) is 0 Å². The molecule has 1 heterocycles. The second-order valence-electron chi connectivity index (χ2n) is 2.71. The van der Waals surface area contributed by atoms with Crippen LogP contribution in [0, 0.1) is 5.92 Å². The molecule has 0 aromatic carbocycles. The van der Waals surface area contributed by atoms with E-state index in [1.807, 2.05) is 6.21 Å². The van der Waals surface area contributed by atoms with Crippen LogP contribution in [0.15, 0.2) is 10.2 Å². The maximum absolute atomic E-state index is 4.04. The molecule has 2 aliphatic rings. The lowest BCUT2D eigenvalue weighted by Crippen LogP contribution is -2.16. The zero-order valence-corrected chi connectivity index (χ0v) is 5.38. The lowest BCUT2D eigenvalue weighted by atomic mass is 9.89. The molecule has 0 aromatic rings. The summed E-state index contributed by atoms with van der Waals surface area (Å²) in [6.07, 6.45) is 7.12. The normalized spacial score (nSPS) is 32.0. The van der Waals surface area contributed by atoms with Crippen molar-refractivity contribution in [3.8, 4) is 0 Å². The first-order chi connectivity index (χ1) is 4.47. The molecule has 0 bridgehead atoms. The van der Waals surface area contributed by atoms with Crippen LogP contribution in [0.5, 0.6) is 0 Å². The Hall–Kier alpha value is -0.660. The topological polar surface area (TPSA) is 24.7 Å². The lowest BCUT2D eigenvalue weighted by molar-refractivity contribution is 0.624. The first kappa shape index (κ1) is 5.15. The van der Waals surface area contributed by atoms with Crippen molar-refractivity contribution < 1.29 is 0 Å². The molecule has 1 fully saturated rings. The quantitative estimate of drug-likeness (QED) is 0.466. The van der Waals surface area contributed by atoms with E-state index in [-0.39, 0.29) is 0 Å². The highest BCUT2D eigenvalue weighted by Crippen LogP contribution is 2.23. The van der Waals surface area contributed by atoms with Crippen molar-refractivity contribution >= 4 is 11.9 Å². The van der Waals surface area contributed by atoms with Gasteiger partial charge in [-0.2, -0.15) is 10.2 Å². The Morgan fingerprint density at radius 3 is 3.33 bits per heavy atom. The summed E-state index contributed by atoms with van der Waals surface area (Å²) >= 11 is 0. The van der Waals surface area contributed by atoms with Crippen LogP contribution < -0.4 is 0 Å². The van der Waals surface area contributed by atoms with Crippen molar-refractivity contribution in [3.63, 3.8) is 0 Å². The van der Waals surface area contributed by atoms with Crippen molar-refractivity contribution in [3.05, 3.63) is 0 Å². The highest BCUT2D eigenvalue weighted by atomic mass is 15.2. The standard InChI is InChI=1S/C7H10N2/c1-2-4-7-6(3-1)5-8-9-7/h5-6H,1-4H2. The van der Waals surface area contributed by atoms with Crippen LogP contribution in [-0.4, -0.2) is 11.9 Å². The van der Waals surface area contributed by atoms with Crippen molar-refractivity contribution in [2.45, 2.75) is 25.7 Å². The molecule has 9 heavy (non-hydrogen) atoms. The molecule has 0 N–H and O–H groups in total. The molecule has 2 heteroatoms. The second kappa shape index (κ2) is 1.94. The van der Waals surface area contributed by atoms with E-state index in [0.717, 1.165) is 0 Å². The third kappa shape index (κ3) is 0.784. The van der Waals surface area contributed by atoms with Crippen molar-refractivity contribution in [1.29, 1.82) is 0 Å². The molecule has 48 valence electrons. The minimum absolute atomic E-state index is 0.624. The maximum Gasteiger partial charge on any atom is 0.0490 e. The van der Waals surface area contributed by atoms with E-state index < -0.39 is 0 Å². The fourth-order valence-electron chi connectivity index (χ4n) is 1.50. The average Bonchev–Trinajstić information content (AvgIpc) is 2.33. The smallest absolute Gasteiger partial charge is 0.0490 e. The molecule has 1 saturated carbocycles. The Bertz CT molecular complexity index is 170. The van der Waals surface area contributed by atoms with Gasteiger partial charge in [-0.05, 0) is 19.3 Å². The Morgan fingerprint density at radius 2 is 2.44 bits per heavy atom. The molecule has 0 saturated heterocycles. The minimum Gasteiger partial charge on any atom is -0.163 e. The summed E-state index contributed by atoms with van der Waals surface area (Å²) in [6, 6.07) is 0. The summed E-state index contributed by atoms with van der Waals surface area (Å²) in [5.74, 6) is 0.624. The molecular weight excluding hydrogens is 112 g/mol. The number of fused-ring (bicyclic) bond motifs is 1. The summed E-state index contributed by atoms with van der Waals surface area (Å²) in [5, 5.41) is 7.93. The van der Waals surface area contributed by atoms with Gasteiger partial charge in [0, 0.05) is 17.8 Å². The van der Waals surface area contributed by atoms with E-state index in [4.69, 9.17) is 0 Å². The van der Waals surface area contributed by atoms with Crippen LogP contribution in [0.3, 0.4) is 0 Å². The first-order valence-electron chi connectivity index (χ1n) is 3.57. The van der Waals surface area contributed by atoms with Gasteiger partial charge in [0.25, 0.3) is 0 Å². The molecule has 0 aromatic heterocycles. The highest BCUT2D eigenvalue weighted by molar-refractivity contribution is 6.01. The lowest BCUT2D eigenvalue weighted by Gasteiger charge is -2.14. The number of rotatable bonds is 0. The Morgan fingerprint density at radius 1 is 1.44 bits per heavy atom. The summed E-state index contributed by atoms with van der Waals surface area (Å²) in [7, 11) is 0. The van der Waals surface area contributed by atoms with Gasteiger partial charge < -0.3 is 0 Å². The van der Waals surface area contributed by atoms with Crippen LogP contribution in [0.25, 0.3) is 0 Å². The van der Waals surface area contributed by atoms with Gasteiger partial charge in [0.1, 0.15) is 0 Å². The Labute approximate surface area is 54.7 Å². The van der Waals surface area contributed by atoms with Crippen molar-refractivity contribution in [2.75, 3.05) is 0 Å². The minimum atomic E-state index is 0.624. The molecule has 0 spiro atoms. The number of nitrogens with zero attached hydrogens (tertiary/aromatic N) is 2. The average molecular weight is 122 g/mol. The van der Waals surface area contributed by atoms with Crippen LogP contribution in [0.2, 0.25) is 0 Å². The zero-order chi connectivity index (χ0) is 6.10. The zero-order valence-electron chi connectivity index (χ0n) is 5.38. The Kier molecular flexibility index (Phi) is 1.11. The third-order valence-corrected chi connectivity index (χ3v) is 2.06. The maximum atomic E-state index is 4.04. The van der Waals surface area contributed by atoms with Gasteiger partial charge in [0.15, 0.2) is 0 Å². The highest BCUT2D eigenvalue weighted by Gasteiger charge is 2.21. The summed E-state index contributed by atoms with van der Waals surface area (Å²) < 4.78 is 0. The van der Waals surface area contributed by atoms with Crippen LogP contribution in [0.1, 0.15) is 25.7 Å². The predicted octanol–water partition coefficient (Wildman–Crippen LogP) is 1.62. The Balaban J connectivity index is 2.16. The van der Waals surface area contributed by atoms with E-state index in [0.29, 0.717) is 5.92 Å². The molecular formula is C7H10N2. The van der Waals surface area contributed by atoms with E-state index in [1.54, 1.807) is 0 Å². The fraction of sp³-hybridized carbons (Fsp3) is 0.714. The van der Waals surface area contributed by atoms with E-state index >= 15 is 0 Å². The van der Waals surface area contributed by atoms with Crippen LogP contribution in [-0.2, 0) is 0 Å². The number of hydrogen-bond donors (Lipinski definition) is 0.